The highest BCUT2D eigenvalue weighted by molar-refractivity contribution is 5.42. The zero-order valence-corrected chi connectivity index (χ0v) is 22.5. The van der Waals surface area contributed by atoms with Crippen molar-refractivity contribution >= 4 is 0 Å². The number of nitrogens with one attached hydrogen (secondary N) is 2. The van der Waals surface area contributed by atoms with E-state index in [1.165, 1.54) is 33.8 Å². The Balaban J connectivity index is 0.000000179. The summed E-state index contributed by atoms with van der Waals surface area (Å²) < 4.78 is 0. The predicted molar refractivity (Wildman–Crippen MR) is 150 cm³/mol. The Kier molecular flexibility index (Phi) is 7.63. The molecular formula is C32H40N4. The highest BCUT2D eigenvalue weighted by Crippen LogP contribution is 2.40. The number of H-pyrrole nitrogens is 2. The van der Waals surface area contributed by atoms with Crippen molar-refractivity contribution in [2.24, 2.45) is 17.3 Å². The van der Waals surface area contributed by atoms with Gasteiger partial charge in [0.25, 0.3) is 0 Å². The van der Waals surface area contributed by atoms with Gasteiger partial charge < -0.3 is 9.97 Å². The first-order valence-corrected chi connectivity index (χ1v) is 12.9. The number of aromatic nitrogens is 4. The molecule has 3 unspecified atom stereocenters. The van der Waals surface area contributed by atoms with Crippen molar-refractivity contribution in [1.82, 2.24) is 19.9 Å². The average Bonchev–Trinajstić information content (AvgIpc) is 3.50. The molecule has 0 amide bonds. The smallest absolute Gasteiger partial charge is 0.0925 e. The number of aryl methyl sites for hydroxylation is 2. The minimum atomic E-state index is 0.0193. The Labute approximate surface area is 216 Å². The van der Waals surface area contributed by atoms with Gasteiger partial charge in [0.15, 0.2) is 0 Å². The topological polar surface area (TPSA) is 57.4 Å². The van der Waals surface area contributed by atoms with E-state index in [1.54, 1.807) is 12.7 Å². The molecular weight excluding hydrogens is 440 g/mol. The number of aromatic amines is 2. The van der Waals surface area contributed by atoms with Crippen LogP contribution in [0.4, 0.5) is 0 Å². The predicted octanol–water partition coefficient (Wildman–Crippen LogP) is 7.38. The molecule has 2 aliphatic rings. The highest BCUT2D eigenvalue weighted by atomic mass is 14.9. The van der Waals surface area contributed by atoms with Crippen LogP contribution in [-0.4, -0.2) is 19.9 Å². The second-order valence-electron chi connectivity index (χ2n) is 11.1. The van der Waals surface area contributed by atoms with Crippen LogP contribution in [-0.2, 0) is 18.3 Å². The van der Waals surface area contributed by atoms with E-state index in [-0.39, 0.29) is 10.8 Å². The minimum absolute atomic E-state index is 0.0193. The molecule has 2 heterocycles. The van der Waals surface area contributed by atoms with E-state index < -0.39 is 0 Å². The van der Waals surface area contributed by atoms with Crippen LogP contribution in [0.2, 0.25) is 0 Å². The Bertz CT molecular complexity index is 1270. The van der Waals surface area contributed by atoms with Crippen molar-refractivity contribution in [2.45, 2.75) is 59.8 Å². The number of rotatable bonds is 5. The maximum absolute atomic E-state index is 4.48. The minimum Gasteiger partial charge on any atom is -0.348 e. The maximum Gasteiger partial charge on any atom is 0.0925 e. The summed E-state index contributed by atoms with van der Waals surface area (Å²) in [5, 5.41) is 0. The molecule has 36 heavy (non-hydrogen) atoms. The van der Waals surface area contributed by atoms with E-state index in [9.17, 15) is 0 Å². The lowest BCUT2D eigenvalue weighted by atomic mass is 9.67. The molecule has 2 aromatic heterocycles. The molecule has 5 rings (SSSR count). The zero-order valence-electron chi connectivity index (χ0n) is 22.5. The van der Waals surface area contributed by atoms with Crippen LogP contribution in [0.25, 0.3) is 0 Å². The van der Waals surface area contributed by atoms with Gasteiger partial charge in [0, 0.05) is 23.0 Å². The molecule has 0 saturated carbocycles. The molecule has 2 N–H and O–H groups in total. The third-order valence-electron chi connectivity index (χ3n) is 8.05. The van der Waals surface area contributed by atoms with E-state index in [4.69, 9.17) is 0 Å². The lowest BCUT2D eigenvalue weighted by Crippen LogP contribution is -2.32. The van der Waals surface area contributed by atoms with Gasteiger partial charge in [-0.2, -0.15) is 0 Å². The van der Waals surface area contributed by atoms with E-state index >= 15 is 0 Å². The van der Waals surface area contributed by atoms with Crippen molar-refractivity contribution in [2.75, 3.05) is 0 Å². The monoisotopic (exact) mass is 480 g/mol. The first-order chi connectivity index (χ1) is 17.2. The lowest BCUT2D eigenvalue weighted by molar-refractivity contribution is 0.318. The summed E-state index contributed by atoms with van der Waals surface area (Å²) in [5.41, 5.74) is 8.03. The van der Waals surface area contributed by atoms with Crippen LogP contribution in [0.3, 0.4) is 0 Å². The van der Waals surface area contributed by atoms with E-state index in [0.29, 0.717) is 11.8 Å². The van der Waals surface area contributed by atoms with E-state index in [1.807, 2.05) is 6.20 Å². The van der Waals surface area contributed by atoms with Crippen molar-refractivity contribution in [1.29, 1.82) is 0 Å². The summed E-state index contributed by atoms with van der Waals surface area (Å²) in [5.74, 6) is 0.994. The number of imidazole rings is 2. The number of allylic oxidation sites excluding steroid dienone is 8. The van der Waals surface area contributed by atoms with Crippen LogP contribution in [0.1, 0.15) is 55.9 Å². The Morgan fingerprint density at radius 1 is 0.889 bits per heavy atom. The van der Waals surface area contributed by atoms with Crippen LogP contribution in [0.15, 0.2) is 91.2 Å². The van der Waals surface area contributed by atoms with Crippen LogP contribution in [0, 0.1) is 31.1 Å². The van der Waals surface area contributed by atoms with Crippen molar-refractivity contribution in [3.8, 4) is 0 Å². The number of hydrogen-bond acceptors (Lipinski definition) is 2. The fourth-order valence-electron chi connectivity index (χ4n) is 5.63. The first-order valence-electron chi connectivity index (χ1n) is 12.9. The van der Waals surface area contributed by atoms with E-state index in [0.717, 1.165) is 12.8 Å². The molecule has 4 nitrogen and oxygen atoms in total. The summed E-state index contributed by atoms with van der Waals surface area (Å²) in [6.07, 6.45) is 23.1. The standard InChI is InChI=1S/C19H22N2.C13H18N2/c1-14-8-4-5-10-17(14)19(3)11-7-6-9-16(19)12-18-15(2)20-13-21-18;1-10-5-4-6-13(2,3)12(10)7-11-8-14-9-15-11/h4-11,13,16H,12H2,1-3H3,(H,20,21);4-6,8-9,12H,7H2,1-3H3,(H,14,15). The van der Waals surface area contributed by atoms with Gasteiger partial charge in [0.2, 0.25) is 0 Å². The summed E-state index contributed by atoms with van der Waals surface area (Å²) in [7, 11) is 0. The Hall–Kier alpha value is -3.40. The molecule has 0 saturated heterocycles. The number of hydrogen-bond donors (Lipinski definition) is 2. The Morgan fingerprint density at radius 2 is 1.69 bits per heavy atom. The lowest BCUT2D eigenvalue weighted by Gasteiger charge is -2.37. The normalized spacial score (nSPS) is 24.2. The third-order valence-corrected chi connectivity index (χ3v) is 8.05. The molecule has 4 heteroatoms. The Morgan fingerprint density at radius 3 is 2.36 bits per heavy atom. The summed E-state index contributed by atoms with van der Waals surface area (Å²) in [4.78, 5) is 14.9. The van der Waals surface area contributed by atoms with Crippen LogP contribution in [0.5, 0.6) is 0 Å². The van der Waals surface area contributed by atoms with Gasteiger partial charge in [-0.3, -0.25) is 0 Å². The van der Waals surface area contributed by atoms with Gasteiger partial charge >= 0.3 is 0 Å². The van der Waals surface area contributed by atoms with Crippen LogP contribution >= 0.6 is 0 Å². The SMILES string of the molecule is CC1=CC=CC(C)(C)C1Cc1cnc[nH]1.Cc1ccccc1C1(C)C=CC=CC1Cc1nc[nH]c1C. The maximum atomic E-state index is 4.48. The number of benzene rings is 1. The molecule has 3 aromatic rings. The summed E-state index contributed by atoms with van der Waals surface area (Å²) in [6, 6.07) is 8.70. The fourth-order valence-corrected chi connectivity index (χ4v) is 5.63. The molecule has 0 fully saturated rings. The van der Waals surface area contributed by atoms with Gasteiger partial charge in [-0.25, -0.2) is 9.97 Å². The van der Waals surface area contributed by atoms with Gasteiger partial charge in [-0.15, -0.1) is 0 Å². The van der Waals surface area contributed by atoms with Gasteiger partial charge in [-0.1, -0.05) is 93.1 Å². The molecule has 188 valence electrons. The van der Waals surface area contributed by atoms with Gasteiger partial charge in [0.1, 0.15) is 0 Å². The molecule has 2 aliphatic carbocycles. The molecule has 3 atom stereocenters. The highest BCUT2D eigenvalue weighted by Gasteiger charge is 2.35. The van der Waals surface area contributed by atoms with Crippen molar-refractivity contribution < 1.29 is 0 Å². The fraction of sp³-hybridized carbons (Fsp3) is 0.375. The zero-order chi connectivity index (χ0) is 25.8. The van der Waals surface area contributed by atoms with Gasteiger partial charge in [0.05, 0.1) is 18.3 Å². The molecule has 0 radical (unpaired) electrons. The quantitative estimate of drug-likeness (QED) is 0.400. The average molecular weight is 481 g/mol. The summed E-state index contributed by atoms with van der Waals surface area (Å²) >= 11 is 0. The molecule has 0 bridgehead atoms. The first kappa shape index (κ1) is 25.7. The van der Waals surface area contributed by atoms with Gasteiger partial charge in [-0.05, 0) is 62.0 Å². The molecule has 0 spiro atoms. The van der Waals surface area contributed by atoms with E-state index in [2.05, 4.69) is 128 Å². The number of nitrogens with zero attached hydrogens (tertiary/aromatic N) is 2. The van der Waals surface area contributed by atoms with Crippen molar-refractivity contribution in [3.63, 3.8) is 0 Å². The molecule has 1 aromatic carbocycles. The van der Waals surface area contributed by atoms with Crippen molar-refractivity contribution in [3.05, 3.63) is 119 Å². The second kappa shape index (κ2) is 10.7. The molecule has 0 aliphatic heterocycles. The summed E-state index contributed by atoms with van der Waals surface area (Å²) in [6.45, 7) is 13.4. The third kappa shape index (κ3) is 5.53. The second-order valence-corrected chi connectivity index (χ2v) is 11.1. The van der Waals surface area contributed by atoms with Crippen LogP contribution < -0.4 is 0 Å². The largest absolute Gasteiger partial charge is 0.348 e.